The molecule has 0 bridgehead atoms. The molecule has 13 N–H and O–H groups in total. The monoisotopic (exact) mass is 983 g/mol. The van der Waals surface area contributed by atoms with Gasteiger partial charge in [-0.15, -0.1) is 0 Å². The number of nitrogens with one attached hydrogen (secondary N) is 10. The lowest BCUT2D eigenvalue weighted by Crippen LogP contribution is -2.61. The number of para-hydroxylation sites is 1. The maximum Gasteiger partial charge on any atom is 0.326 e. The Labute approximate surface area is 411 Å². The highest BCUT2D eigenvalue weighted by Crippen LogP contribution is 2.20. The molecular formula is C49H66N12O10. The predicted octanol–water partition coefficient (Wildman–Crippen LogP) is 0.0363. The van der Waals surface area contributed by atoms with Gasteiger partial charge in [0, 0.05) is 61.7 Å². The van der Waals surface area contributed by atoms with E-state index in [1.165, 1.54) is 19.4 Å². The first-order valence-corrected chi connectivity index (χ1v) is 24.0. The van der Waals surface area contributed by atoms with Crippen LogP contribution in [0.25, 0.3) is 10.9 Å². The molecule has 0 unspecified atom stereocenters. The van der Waals surface area contributed by atoms with Gasteiger partial charge < -0.3 is 63.3 Å². The summed E-state index contributed by atoms with van der Waals surface area (Å²) >= 11 is 0. The van der Waals surface area contributed by atoms with Gasteiger partial charge in [0.1, 0.15) is 42.3 Å². The van der Waals surface area contributed by atoms with Crippen LogP contribution in [0, 0.1) is 0 Å². The molecule has 0 aliphatic carbocycles. The topological polar surface area (TPSA) is 341 Å². The van der Waals surface area contributed by atoms with Crippen molar-refractivity contribution in [2.45, 2.75) is 133 Å². The van der Waals surface area contributed by atoms with Crippen molar-refractivity contribution in [3.8, 4) is 0 Å². The highest BCUT2D eigenvalue weighted by Gasteiger charge is 2.35. The number of carboxylic acids is 1. The number of aromatic nitrogens is 3. The quantitative estimate of drug-likeness (QED) is 0.0708. The second-order valence-electron chi connectivity index (χ2n) is 17.6. The Morgan fingerprint density at radius 2 is 1.42 bits per heavy atom. The fourth-order valence-electron chi connectivity index (χ4n) is 8.19. The van der Waals surface area contributed by atoms with Crippen molar-refractivity contribution in [1.29, 1.82) is 0 Å². The number of aromatic amines is 2. The van der Waals surface area contributed by atoms with Crippen LogP contribution in [0.3, 0.4) is 0 Å². The molecule has 382 valence electrons. The van der Waals surface area contributed by atoms with E-state index >= 15 is 0 Å². The van der Waals surface area contributed by atoms with Crippen LogP contribution >= 0.6 is 0 Å². The number of H-pyrrole nitrogens is 2. The molecule has 7 atom stereocenters. The SMILES string of the molecule is CCCC[C@H](NC(C)=O)C(=O)N[C@H]1CC(=O)NCCCC[C@@H](C(=O)O)NC(=O)[C@H](Cc2c[nH]c3ccccc23)NC(=O)[C@H](CCCN)NC(=O)[C@@H](Cc2ccccc2)NC(=O)[C@H](Cc2cnc[nH]2)NC1=O. The van der Waals surface area contributed by atoms with Crippen molar-refractivity contribution < 1.29 is 48.3 Å². The van der Waals surface area contributed by atoms with Crippen LogP contribution in [0.5, 0.6) is 0 Å². The summed E-state index contributed by atoms with van der Waals surface area (Å²) in [6.45, 7) is 3.29. The summed E-state index contributed by atoms with van der Waals surface area (Å²) in [6.07, 6.45) is 5.67. The van der Waals surface area contributed by atoms with Gasteiger partial charge in [-0.2, -0.15) is 0 Å². The highest BCUT2D eigenvalue weighted by atomic mass is 16.4. The van der Waals surface area contributed by atoms with Crippen LogP contribution in [0.1, 0.15) is 88.5 Å². The van der Waals surface area contributed by atoms with Crippen LogP contribution in [0.4, 0.5) is 0 Å². The summed E-state index contributed by atoms with van der Waals surface area (Å²) in [5.74, 6) is -7.40. The number of carbonyl (C=O) groups excluding carboxylic acids is 8. The van der Waals surface area contributed by atoms with Gasteiger partial charge in [0.2, 0.25) is 47.3 Å². The van der Waals surface area contributed by atoms with Gasteiger partial charge in [-0.25, -0.2) is 9.78 Å². The summed E-state index contributed by atoms with van der Waals surface area (Å²) in [7, 11) is 0. The minimum absolute atomic E-state index is 0.0128. The third kappa shape index (κ3) is 17.1. The summed E-state index contributed by atoms with van der Waals surface area (Å²) < 4.78 is 0. The number of hydrogen-bond donors (Lipinski definition) is 12. The molecule has 5 rings (SSSR count). The lowest BCUT2D eigenvalue weighted by molar-refractivity contribution is -0.142. The van der Waals surface area contributed by atoms with Crippen molar-refractivity contribution in [3.63, 3.8) is 0 Å². The molecule has 71 heavy (non-hydrogen) atoms. The minimum Gasteiger partial charge on any atom is -0.480 e. The van der Waals surface area contributed by atoms with E-state index in [0.717, 1.165) is 10.9 Å². The molecule has 22 heteroatoms. The van der Waals surface area contributed by atoms with Crippen molar-refractivity contribution in [3.05, 3.63) is 90.1 Å². The van der Waals surface area contributed by atoms with Crippen LogP contribution in [-0.2, 0) is 62.4 Å². The molecule has 2 aromatic heterocycles. The molecule has 0 spiro atoms. The number of carboxylic acid groups (broad SMARTS) is 1. The summed E-state index contributed by atoms with van der Waals surface area (Å²) in [4.78, 5) is 134. The van der Waals surface area contributed by atoms with Crippen LogP contribution in [-0.4, -0.2) is 129 Å². The smallest absolute Gasteiger partial charge is 0.326 e. The van der Waals surface area contributed by atoms with Gasteiger partial charge >= 0.3 is 5.97 Å². The van der Waals surface area contributed by atoms with Gasteiger partial charge in [-0.3, -0.25) is 38.4 Å². The second kappa shape index (κ2) is 27.5. The Bertz CT molecular complexity index is 2450. The summed E-state index contributed by atoms with van der Waals surface area (Å²) in [5.41, 5.74) is 8.33. The molecule has 2 aromatic carbocycles. The Morgan fingerprint density at radius 3 is 2.10 bits per heavy atom. The number of hydrogen-bond acceptors (Lipinski definition) is 11. The maximum atomic E-state index is 14.5. The first-order chi connectivity index (χ1) is 34.1. The van der Waals surface area contributed by atoms with Gasteiger partial charge in [-0.05, 0) is 62.3 Å². The lowest BCUT2D eigenvalue weighted by Gasteiger charge is -2.28. The van der Waals surface area contributed by atoms with E-state index in [-0.39, 0.29) is 70.9 Å². The number of benzene rings is 2. The largest absolute Gasteiger partial charge is 0.480 e. The fraction of sp³-hybridized carbons (Fsp3) is 0.469. The number of rotatable bonds is 16. The zero-order valence-corrected chi connectivity index (χ0v) is 40.0. The fourth-order valence-corrected chi connectivity index (χ4v) is 8.19. The average molecular weight is 983 g/mol. The van der Waals surface area contributed by atoms with Gasteiger partial charge in [0.25, 0.3) is 0 Å². The second-order valence-corrected chi connectivity index (χ2v) is 17.6. The molecule has 1 saturated heterocycles. The number of imidazole rings is 1. The van der Waals surface area contributed by atoms with Crippen LogP contribution < -0.4 is 48.3 Å². The predicted molar refractivity (Wildman–Crippen MR) is 261 cm³/mol. The zero-order valence-electron chi connectivity index (χ0n) is 40.0. The molecule has 1 aliphatic rings. The van der Waals surface area contributed by atoms with E-state index in [4.69, 9.17) is 5.73 Å². The van der Waals surface area contributed by atoms with Crippen molar-refractivity contribution in [2.75, 3.05) is 13.1 Å². The molecule has 4 aromatic rings. The van der Waals surface area contributed by atoms with Gasteiger partial charge in [-0.1, -0.05) is 68.3 Å². The summed E-state index contributed by atoms with van der Waals surface area (Å²) in [6, 6.07) is 6.56. The Hall–Kier alpha value is -7.62. The number of nitrogens with zero attached hydrogens (tertiary/aromatic N) is 1. The molecule has 0 saturated carbocycles. The molecule has 0 radical (unpaired) electrons. The Morgan fingerprint density at radius 1 is 0.775 bits per heavy atom. The van der Waals surface area contributed by atoms with E-state index in [9.17, 15) is 48.3 Å². The number of carbonyl (C=O) groups is 9. The highest BCUT2D eigenvalue weighted by molar-refractivity contribution is 5.99. The first kappa shape index (κ1) is 54.3. The third-order valence-electron chi connectivity index (χ3n) is 12.0. The lowest BCUT2D eigenvalue weighted by atomic mass is 10.0. The van der Waals surface area contributed by atoms with E-state index in [1.807, 2.05) is 31.2 Å². The van der Waals surface area contributed by atoms with Crippen molar-refractivity contribution >= 4 is 64.1 Å². The van der Waals surface area contributed by atoms with E-state index < -0.39 is 102 Å². The number of amides is 8. The molecular weight excluding hydrogens is 917 g/mol. The standard InChI is InChI=1S/C49H66N12O10/c1-3-4-16-35(55-29(2)62)43(64)61-41-25-42(63)52-21-11-10-18-37(49(70)71)57-46(67)39(23-31-26-53-34-17-9-8-15-33(31)34)59-44(65)36(19-12-20-50)56-45(66)38(22-30-13-6-5-7-14-30)58-47(68)40(60-48(41)69)24-32-27-51-28-54-32/h5-9,13-15,17,26-28,35-41,53H,3-4,10-12,16,18-25,50H2,1-2H3,(H,51,54)(H,52,63)(H,55,62)(H,56,66)(H,57,67)(H,58,68)(H,59,65)(H,60,69)(H,61,64)(H,70,71)/t35-,36-,37-,38+,39-,40-,41-/m0/s1. The Kier molecular flexibility index (Phi) is 21.1. The van der Waals surface area contributed by atoms with Gasteiger partial charge in [0.05, 0.1) is 12.7 Å². The minimum atomic E-state index is -1.58. The molecule has 1 aliphatic heterocycles. The van der Waals surface area contributed by atoms with E-state index in [0.29, 0.717) is 29.7 Å². The van der Waals surface area contributed by atoms with E-state index in [2.05, 4.69) is 57.5 Å². The van der Waals surface area contributed by atoms with Crippen LogP contribution in [0.2, 0.25) is 0 Å². The zero-order chi connectivity index (χ0) is 51.3. The Balaban J connectivity index is 1.53. The van der Waals surface area contributed by atoms with Crippen LogP contribution in [0.15, 0.2) is 73.3 Å². The number of aliphatic carboxylic acids is 1. The average Bonchev–Trinajstić information content (AvgIpc) is 4.02. The number of unbranched alkanes of at least 4 members (excludes halogenated alkanes) is 1. The molecule has 3 heterocycles. The number of nitrogens with two attached hydrogens (primary N) is 1. The van der Waals surface area contributed by atoms with E-state index in [1.54, 1.807) is 36.5 Å². The van der Waals surface area contributed by atoms with Gasteiger partial charge in [0.15, 0.2) is 0 Å². The van der Waals surface area contributed by atoms with Crippen molar-refractivity contribution in [1.82, 2.24) is 57.5 Å². The first-order valence-electron chi connectivity index (χ1n) is 24.0. The number of fused-ring (bicyclic) bond motifs is 1. The summed E-state index contributed by atoms with van der Waals surface area (Å²) in [5, 5.41) is 32.3. The normalized spacial score (nSPS) is 21.8. The maximum absolute atomic E-state index is 14.5. The third-order valence-corrected chi connectivity index (χ3v) is 12.0. The molecule has 8 amide bonds. The molecule has 1 fully saturated rings. The molecule has 22 nitrogen and oxygen atoms in total. The van der Waals surface area contributed by atoms with Crippen molar-refractivity contribution in [2.24, 2.45) is 5.73 Å².